The molecule has 18 heavy (non-hydrogen) atoms. The summed E-state index contributed by atoms with van der Waals surface area (Å²) in [5.41, 5.74) is 0.846. The summed E-state index contributed by atoms with van der Waals surface area (Å²) in [6.07, 6.45) is 1.97. The molecule has 100 valence electrons. The van der Waals surface area contributed by atoms with E-state index in [1.165, 1.54) is 12.4 Å². The van der Waals surface area contributed by atoms with Crippen LogP contribution in [-0.4, -0.2) is 40.9 Å². The first kappa shape index (κ1) is 14.5. The van der Waals surface area contributed by atoms with E-state index in [-0.39, 0.29) is 4.90 Å². The van der Waals surface area contributed by atoms with E-state index in [4.69, 9.17) is 4.74 Å². The number of rotatable bonds is 5. The first-order valence-corrected chi connectivity index (χ1v) is 6.98. The maximum Gasteiger partial charge on any atom is 0.283 e. The van der Waals surface area contributed by atoms with Gasteiger partial charge in [0.25, 0.3) is 10.0 Å². The van der Waals surface area contributed by atoms with E-state index < -0.39 is 10.0 Å². The lowest BCUT2D eigenvalue weighted by Crippen LogP contribution is -2.10. The van der Waals surface area contributed by atoms with Gasteiger partial charge in [-0.1, -0.05) is 6.92 Å². The fraction of sp³-hybridized carbons (Fsp3) is 0.417. The van der Waals surface area contributed by atoms with E-state index in [2.05, 4.69) is 4.40 Å². The maximum atomic E-state index is 11.9. The van der Waals surface area contributed by atoms with Gasteiger partial charge in [-0.2, -0.15) is 8.42 Å². The molecule has 6 heteroatoms. The van der Waals surface area contributed by atoms with Gasteiger partial charge in [-0.3, -0.25) is 0 Å². The third-order valence-corrected chi connectivity index (χ3v) is 3.57. The summed E-state index contributed by atoms with van der Waals surface area (Å²) in [5, 5.41) is 0. The van der Waals surface area contributed by atoms with E-state index in [9.17, 15) is 8.42 Å². The molecule has 0 aromatic heterocycles. The predicted octanol–water partition coefficient (Wildman–Crippen LogP) is 1.54. The van der Waals surface area contributed by atoms with Crippen LogP contribution in [0.25, 0.3) is 0 Å². The highest BCUT2D eigenvalue weighted by molar-refractivity contribution is 7.90. The van der Waals surface area contributed by atoms with Crippen molar-refractivity contribution in [3.63, 3.8) is 0 Å². The van der Waals surface area contributed by atoms with Gasteiger partial charge in [0.2, 0.25) is 0 Å². The minimum absolute atomic E-state index is 0.179. The molecular formula is C12H18N2O3S. The minimum atomic E-state index is -3.64. The Morgan fingerprint density at radius 2 is 2.06 bits per heavy atom. The first-order valence-electron chi connectivity index (χ1n) is 5.54. The quantitative estimate of drug-likeness (QED) is 0.601. The number of methoxy groups -OCH3 is 1. The normalized spacial score (nSPS) is 11.8. The number of hydrogen-bond donors (Lipinski definition) is 0. The number of hydrogen-bond acceptors (Lipinski definition) is 3. The zero-order valence-corrected chi connectivity index (χ0v) is 11.9. The van der Waals surface area contributed by atoms with Crippen LogP contribution in [-0.2, 0) is 16.4 Å². The molecule has 1 aromatic rings. The molecule has 0 amide bonds. The van der Waals surface area contributed by atoms with Gasteiger partial charge in [-0.25, -0.2) is 0 Å². The minimum Gasteiger partial charge on any atom is -0.496 e. The second-order valence-corrected chi connectivity index (χ2v) is 5.62. The molecular weight excluding hydrogens is 252 g/mol. The molecule has 0 unspecified atom stereocenters. The molecule has 0 heterocycles. The van der Waals surface area contributed by atoms with Crippen molar-refractivity contribution in [3.05, 3.63) is 23.8 Å². The Bertz CT molecular complexity index is 536. The van der Waals surface area contributed by atoms with Gasteiger partial charge < -0.3 is 9.64 Å². The molecule has 0 radical (unpaired) electrons. The Morgan fingerprint density at radius 3 is 2.56 bits per heavy atom. The van der Waals surface area contributed by atoms with Crippen molar-refractivity contribution >= 4 is 16.4 Å². The first-order chi connectivity index (χ1) is 8.40. The summed E-state index contributed by atoms with van der Waals surface area (Å²) in [6.45, 7) is 1.94. The van der Waals surface area contributed by atoms with Crippen LogP contribution in [0.4, 0.5) is 0 Å². The lowest BCUT2D eigenvalue weighted by Gasteiger charge is -2.08. The highest BCUT2D eigenvalue weighted by Gasteiger charge is 2.14. The summed E-state index contributed by atoms with van der Waals surface area (Å²) in [4.78, 5) is 1.75. The van der Waals surface area contributed by atoms with Crippen molar-refractivity contribution in [1.82, 2.24) is 4.90 Å². The third kappa shape index (κ3) is 3.46. The smallest absolute Gasteiger partial charge is 0.283 e. The zero-order valence-electron chi connectivity index (χ0n) is 11.0. The van der Waals surface area contributed by atoms with Crippen LogP contribution < -0.4 is 4.74 Å². The second kappa shape index (κ2) is 5.86. The fourth-order valence-electron chi connectivity index (χ4n) is 1.41. The number of nitrogens with zero attached hydrogens (tertiary/aromatic N) is 2. The Labute approximate surface area is 108 Å². The summed E-state index contributed by atoms with van der Waals surface area (Å²) in [7, 11) is 1.35. The molecule has 0 bridgehead atoms. The highest BCUT2D eigenvalue weighted by Crippen LogP contribution is 2.23. The van der Waals surface area contributed by atoms with Crippen molar-refractivity contribution < 1.29 is 13.2 Å². The number of benzene rings is 1. The van der Waals surface area contributed by atoms with E-state index in [1.54, 1.807) is 38.2 Å². The average Bonchev–Trinajstić information content (AvgIpc) is 2.35. The maximum absolute atomic E-state index is 11.9. The van der Waals surface area contributed by atoms with Crippen LogP contribution in [0.2, 0.25) is 0 Å². The van der Waals surface area contributed by atoms with Gasteiger partial charge in [-0.05, 0) is 30.2 Å². The molecule has 0 saturated carbocycles. The van der Waals surface area contributed by atoms with Crippen molar-refractivity contribution in [1.29, 1.82) is 0 Å². The van der Waals surface area contributed by atoms with Gasteiger partial charge >= 0.3 is 0 Å². The van der Waals surface area contributed by atoms with Gasteiger partial charge in [0, 0.05) is 14.1 Å². The predicted molar refractivity (Wildman–Crippen MR) is 71.7 cm³/mol. The molecule has 0 saturated heterocycles. The van der Waals surface area contributed by atoms with Crippen molar-refractivity contribution in [2.24, 2.45) is 4.40 Å². The van der Waals surface area contributed by atoms with Crippen LogP contribution in [0.5, 0.6) is 5.75 Å². The van der Waals surface area contributed by atoms with Crippen LogP contribution in [0, 0.1) is 0 Å². The van der Waals surface area contributed by atoms with E-state index in [0.717, 1.165) is 5.56 Å². The Kier molecular flexibility index (Phi) is 4.72. The van der Waals surface area contributed by atoms with Crippen LogP contribution >= 0.6 is 0 Å². The van der Waals surface area contributed by atoms with E-state index in [0.29, 0.717) is 12.2 Å². The molecule has 0 aliphatic rings. The number of aryl methyl sites for hydroxylation is 1. The van der Waals surface area contributed by atoms with Gasteiger partial charge in [0.1, 0.15) is 12.1 Å². The topological polar surface area (TPSA) is 59.0 Å². The largest absolute Gasteiger partial charge is 0.496 e. The van der Waals surface area contributed by atoms with Crippen LogP contribution in [0.15, 0.2) is 27.5 Å². The molecule has 0 aliphatic carbocycles. The Balaban J connectivity index is 3.18. The molecule has 0 atom stereocenters. The lowest BCUT2D eigenvalue weighted by atomic mass is 10.1. The lowest BCUT2D eigenvalue weighted by molar-refractivity contribution is 0.409. The monoisotopic (exact) mass is 270 g/mol. The van der Waals surface area contributed by atoms with Gasteiger partial charge in [0.15, 0.2) is 0 Å². The SMILES string of the molecule is CCc1cc(S(=O)(=O)N=CN(C)C)ccc1OC. The number of ether oxygens (including phenoxy) is 1. The number of sulfonamides is 1. The highest BCUT2D eigenvalue weighted by atomic mass is 32.2. The molecule has 0 spiro atoms. The van der Waals surface area contributed by atoms with Gasteiger partial charge in [0.05, 0.1) is 12.0 Å². The molecule has 0 N–H and O–H groups in total. The van der Waals surface area contributed by atoms with Gasteiger partial charge in [-0.15, -0.1) is 4.40 Å². The van der Waals surface area contributed by atoms with Crippen LogP contribution in [0.1, 0.15) is 12.5 Å². The van der Waals surface area contributed by atoms with Crippen LogP contribution in [0.3, 0.4) is 0 Å². The molecule has 1 rings (SSSR count). The summed E-state index contributed by atoms with van der Waals surface area (Å²) < 4.78 is 32.6. The summed E-state index contributed by atoms with van der Waals surface area (Å²) >= 11 is 0. The average molecular weight is 270 g/mol. The Hall–Kier alpha value is -1.56. The summed E-state index contributed by atoms with van der Waals surface area (Å²) in [6, 6.07) is 4.75. The fourth-order valence-corrected chi connectivity index (χ4v) is 2.37. The molecule has 5 nitrogen and oxygen atoms in total. The zero-order chi connectivity index (χ0) is 13.8. The molecule has 0 aliphatic heterocycles. The second-order valence-electron chi connectivity index (χ2n) is 3.99. The third-order valence-electron chi connectivity index (χ3n) is 2.35. The van der Waals surface area contributed by atoms with Crippen molar-refractivity contribution in [3.8, 4) is 5.75 Å². The summed E-state index contributed by atoms with van der Waals surface area (Å²) in [5.74, 6) is 0.688. The standard InChI is InChI=1S/C12H18N2O3S/c1-5-10-8-11(6-7-12(10)17-4)18(15,16)13-9-14(2)3/h6-9H,5H2,1-4H3. The molecule has 0 fully saturated rings. The van der Waals surface area contributed by atoms with E-state index >= 15 is 0 Å². The molecule has 1 aromatic carbocycles. The van der Waals surface area contributed by atoms with Crippen molar-refractivity contribution in [2.75, 3.05) is 21.2 Å². The van der Waals surface area contributed by atoms with E-state index in [1.807, 2.05) is 6.92 Å². The Morgan fingerprint density at radius 1 is 1.39 bits per heavy atom. The van der Waals surface area contributed by atoms with Crippen molar-refractivity contribution in [2.45, 2.75) is 18.2 Å².